The van der Waals surface area contributed by atoms with E-state index in [1.165, 1.54) is 19.3 Å². The summed E-state index contributed by atoms with van der Waals surface area (Å²) in [6.07, 6.45) is 3.38. The molecule has 1 aliphatic heterocycles. The van der Waals surface area contributed by atoms with Crippen LogP contribution >= 0.6 is 12.2 Å². The van der Waals surface area contributed by atoms with E-state index in [0.717, 1.165) is 30.1 Å². The Hall–Kier alpha value is -0.970. The molecule has 0 radical (unpaired) electrons. The first-order chi connectivity index (χ1) is 9.60. The number of β-amino-alcohol motifs (C(OH)–C–C–N with tert-alkyl or cyclic N) is 1. The van der Waals surface area contributed by atoms with E-state index in [1.807, 2.05) is 24.3 Å². The van der Waals surface area contributed by atoms with Gasteiger partial charge in [0.05, 0.1) is 6.10 Å². The van der Waals surface area contributed by atoms with Gasteiger partial charge in [0.25, 0.3) is 0 Å². The lowest BCUT2D eigenvalue weighted by molar-refractivity contribution is 0.124. The summed E-state index contributed by atoms with van der Waals surface area (Å²) in [6, 6.07) is 7.59. The molecule has 3 nitrogen and oxygen atoms in total. The Bertz CT molecular complexity index is 446. The van der Waals surface area contributed by atoms with Gasteiger partial charge in [0.15, 0.2) is 0 Å². The summed E-state index contributed by atoms with van der Waals surface area (Å²) in [7, 11) is 0. The molecule has 1 aliphatic rings. The predicted molar refractivity (Wildman–Crippen MR) is 86.7 cm³/mol. The van der Waals surface area contributed by atoms with Crippen LogP contribution in [-0.2, 0) is 0 Å². The number of hydrogen-bond acceptors (Lipinski definition) is 3. The zero-order valence-corrected chi connectivity index (χ0v) is 12.9. The normalized spacial score (nSPS) is 21.0. The van der Waals surface area contributed by atoms with Crippen molar-refractivity contribution in [3.8, 4) is 0 Å². The van der Waals surface area contributed by atoms with Gasteiger partial charge in [-0.15, -0.1) is 0 Å². The Balaban J connectivity index is 1.88. The fourth-order valence-corrected chi connectivity index (χ4v) is 3.08. The minimum Gasteiger partial charge on any atom is -0.389 e. The number of thiocarbonyl (C=S) groups is 1. The Morgan fingerprint density at radius 3 is 2.75 bits per heavy atom. The Labute approximate surface area is 126 Å². The van der Waals surface area contributed by atoms with Crippen molar-refractivity contribution in [1.29, 1.82) is 0 Å². The minimum absolute atomic E-state index is 0.396. The van der Waals surface area contributed by atoms with Crippen LogP contribution in [0, 0.1) is 5.92 Å². The van der Waals surface area contributed by atoms with E-state index in [2.05, 4.69) is 11.8 Å². The second-order valence-electron chi connectivity index (χ2n) is 5.71. The highest BCUT2D eigenvalue weighted by Crippen LogP contribution is 2.23. The van der Waals surface area contributed by atoms with E-state index < -0.39 is 6.10 Å². The molecule has 110 valence electrons. The topological polar surface area (TPSA) is 49.5 Å². The van der Waals surface area contributed by atoms with Gasteiger partial charge in [0.2, 0.25) is 0 Å². The number of likely N-dealkylation sites (tertiary alicyclic amines) is 1. The summed E-state index contributed by atoms with van der Waals surface area (Å²) in [5.41, 5.74) is 7.36. The molecule has 4 heteroatoms. The van der Waals surface area contributed by atoms with E-state index in [0.29, 0.717) is 11.5 Å². The SMILES string of the molecule is CCCC1CCN(CC(O)c2ccc(C(N)=S)cc2)C1. The van der Waals surface area contributed by atoms with Crippen molar-refractivity contribution in [2.24, 2.45) is 11.7 Å². The maximum absolute atomic E-state index is 10.3. The van der Waals surface area contributed by atoms with Gasteiger partial charge >= 0.3 is 0 Å². The largest absolute Gasteiger partial charge is 0.389 e. The predicted octanol–water partition coefficient (Wildman–Crippen LogP) is 2.48. The molecule has 1 heterocycles. The van der Waals surface area contributed by atoms with Crippen LogP contribution < -0.4 is 5.73 Å². The lowest BCUT2D eigenvalue weighted by Crippen LogP contribution is -2.26. The van der Waals surface area contributed by atoms with Crippen molar-refractivity contribution in [2.75, 3.05) is 19.6 Å². The third kappa shape index (κ3) is 4.01. The Morgan fingerprint density at radius 2 is 2.15 bits per heavy atom. The standard InChI is InChI=1S/C16H24N2OS/c1-2-3-12-8-9-18(10-12)11-15(19)13-4-6-14(7-5-13)16(17)20/h4-7,12,15,19H,2-3,8-11H2,1H3,(H2,17,20). The summed E-state index contributed by atoms with van der Waals surface area (Å²) in [4.78, 5) is 2.76. The fourth-order valence-electron chi connectivity index (χ4n) is 2.94. The highest BCUT2D eigenvalue weighted by Gasteiger charge is 2.23. The van der Waals surface area contributed by atoms with E-state index in [9.17, 15) is 5.11 Å². The molecule has 2 rings (SSSR count). The number of aliphatic hydroxyl groups is 1. The maximum Gasteiger partial charge on any atom is 0.103 e. The molecule has 0 saturated carbocycles. The molecule has 0 aliphatic carbocycles. The summed E-state index contributed by atoms with van der Waals surface area (Å²) in [5, 5.41) is 10.3. The number of benzene rings is 1. The average Bonchev–Trinajstić information content (AvgIpc) is 2.86. The van der Waals surface area contributed by atoms with Crippen LogP contribution in [0.4, 0.5) is 0 Å². The van der Waals surface area contributed by atoms with Crippen LogP contribution in [0.25, 0.3) is 0 Å². The van der Waals surface area contributed by atoms with E-state index in [-0.39, 0.29) is 0 Å². The lowest BCUT2D eigenvalue weighted by Gasteiger charge is -2.20. The summed E-state index contributed by atoms with van der Waals surface area (Å²) >= 11 is 4.93. The first-order valence-electron chi connectivity index (χ1n) is 7.40. The minimum atomic E-state index is -0.434. The van der Waals surface area contributed by atoms with Crippen LogP contribution in [0.15, 0.2) is 24.3 Å². The molecule has 0 spiro atoms. The van der Waals surface area contributed by atoms with E-state index in [4.69, 9.17) is 18.0 Å². The van der Waals surface area contributed by atoms with Gasteiger partial charge < -0.3 is 15.7 Å². The first-order valence-corrected chi connectivity index (χ1v) is 7.81. The molecular weight excluding hydrogens is 268 g/mol. The van der Waals surface area contributed by atoms with Gasteiger partial charge in [-0.25, -0.2) is 0 Å². The van der Waals surface area contributed by atoms with Crippen molar-refractivity contribution in [1.82, 2.24) is 4.90 Å². The fraction of sp³-hybridized carbons (Fsp3) is 0.562. The van der Waals surface area contributed by atoms with Crippen molar-refractivity contribution < 1.29 is 5.11 Å². The molecule has 0 amide bonds. The number of aliphatic hydroxyl groups excluding tert-OH is 1. The Morgan fingerprint density at radius 1 is 1.45 bits per heavy atom. The van der Waals surface area contributed by atoms with Crippen molar-refractivity contribution in [3.63, 3.8) is 0 Å². The molecular formula is C16H24N2OS. The number of rotatable bonds is 6. The molecule has 1 aromatic rings. The van der Waals surface area contributed by atoms with E-state index in [1.54, 1.807) is 0 Å². The summed E-state index contributed by atoms with van der Waals surface area (Å²) < 4.78 is 0. The van der Waals surface area contributed by atoms with Crippen LogP contribution in [0.2, 0.25) is 0 Å². The van der Waals surface area contributed by atoms with Crippen molar-refractivity contribution in [3.05, 3.63) is 35.4 Å². The maximum atomic E-state index is 10.3. The Kier molecular flexibility index (Phi) is 5.52. The summed E-state index contributed by atoms with van der Waals surface area (Å²) in [6.45, 7) is 5.18. The zero-order valence-electron chi connectivity index (χ0n) is 12.1. The van der Waals surface area contributed by atoms with Crippen LogP contribution in [-0.4, -0.2) is 34.6 Å². The zero-order chi connectivity index (χ0) is 14.5. The highest BCUT2D eigenvalue weighted by molar-refractivity contribution is 7.80. The van der Waals surface area contributed by atoms with E-state index >= 15 is 0 Å². The first kappa shape index (κ1) is 15.4. The number of nitrogens with two attached hydrogens (primary N) is 1. The monoisotopic (exact) mass is 292 g/mol. The molecule has 0 aromatic heterocycles. The molecule has 3 N–H and O–H groups in total. The average molecular weight is 292 g/mol. The molecule has 1 aromatic carbocycles. The molecule has 0 bridgehead atoms. The van der Waals surface area contributed by atoms with Gasteiger partial charge in [-0.3, -0.25) is 0 Å². The second-order valence-corrected chi connectivity index (χ2v) is 6.14. The molecule has 20 heavy (non-hydrogen) atoms. The smallest absolute Gasteiger partial charge is 0.103 e. The molecule has 2 unspecified atom stereocenters. The van der Waals surface area contributed by atoms with Crippen LogP contribution in [0.5, 0.6) is 0 Å². The van der Waals surface area contributed by atoms with Crippen molar-refractivity contribution >= 4 is 17.2 Å². The van der Waals surface area contributed by atoms with Crippen molar-refractivity contribution in [2.45, 2.75) is 32.3 Å². The second kappa shape index (κ2) is 7.16. The highest BCUT2D eigenvalue weighted by atomic mass is 32.1. The molecule has 1 fully saturated rings. The van der Waals surface area contributed by atoms with Gasteiger partial charge in [0, 0.05) is 18.7 Å². The van der Waals surface area contributed by atoms with Gasteiger partial charge in [-0.1, -0.05) is 49.8 Å². The van der Waals surface area contributed by atoms with Crippen LogP contribution in [0.1, 0.15) is 43.4 Å². The number of hydrogen-bond donors (Lipinski definition) is 2. The number of nitrogens with zero attached hydrogens (tertiary/aromatic N) is 1. The third-order valence-corrected chi connectivity index (χ3v) is 4.31. The van der Waals surface area contributed by atoms with Gasteiger partial charge in [0.1, 0.15) is 4.99 Å². The molecule has 2 atom stereocenters. The summed E-state index contributed by atoms with van der Waals surface area (Å²) in [5.74, 6) is 0.809. The van der Waals surface area contributed by atoms with Gasteiger partial charge in [-0.2, -0.15) is 0 Å². The molecule has 1 saturated heterocycles. The lowest BCUT2D eigenvalue weighted by atomic mass is 10.0. The van der Waals surface area contributed by atoms with Gasteiger partial charge in [-0.05, 0) is 30.9 Å². The van der Waals surface area contributed by atoms with Crippen LogP contribution in [0.3, 0.4) is 0 Å². The third-order valence-electron chi connectivity index (χ3n) is 4.08. The quantitative estimate of drug-likeness (QED) is 0.791.